The van der Waals surface area contributed by atoms with Crippen molar-refractivity contribution in [2.24, 2.45) is 5.41 Å². The Labute approximate surface area is 150 Å². The van der Waals surface area contributed by atoms with Gasteiger partial charge < -0.3 is 20.7 Å². The molecule has 3 rings (SSSR count). The molecule has 5 nitrogen and oxygen atoms in total. The molecule has 0 atom stereocenters. The zero-order valence-electron chi connectivity index (χ0n) is 15.9. The van der Waals surface area contributed by atoms with Crippen LogP contribution in [0.3, 0.4) is 0 Å². The number of alkyl carbamates (subject to hydrolysis) is 1. The molecule has 5 heteroatoms. The topological polar surface area (TPSA) is 67.6 Å². The first-order chi connectivity index (χ1) is 11.7. The molecular formula is C20H31N3O2. The van der Waals surface area contributed by atoms with E-state index < -0.39 is 5.60 Å². The van der Waals surface area contributed by atoms with Crippen molar-refractivity contribution < 1.29 is 9.53 Å². The Hall–Kier alpha value is -1.91. The second-order valence-corrected chi connectivity index (χ2v) is 8.78. The summed E-state index contributed by atoms with van der Waals surface area (Å²) in [6.45, 7) is 9.95. The third kappa shape index (κ3) is 4.20. The maximum atomic E-state index is 11.9. The minimum absolute atomic E-state index is 0.264. The summed E-state index contributed by atoms with van der Waals surface area (Å²) in [4.78, 5) is 14.4. The SMILES string of the molecule is Cc1cc(N)ccc1N1CCC2(CC1)CC(NC(=O)OC(C)(C)C)C2. The van der Waals surface area contributed by atoms with Crippen LogP contribution < -0.4 is 16.0 Å². The summed E-state index contributed by atoms with van der Waals surface area (Å²) in [7, 11) is 0. The lowest BCUT2D eigenvalue weighted by molar-refractivity contribution is 0.0234. The van der Waals surface area contributed by atoms with Crippen LogP contribution in [0.1, 0.15) is 52.0 Å². The van der Waals surface area contributed by atoms with Gasteiger partial charge in [0.2, 0.25) is 0 Å². The summed E-state index contributed by atoms with van der Waals surface area (Å²) >= 11 is 0. The number of benzene rings is 1. The average molecular weight is 345 g/mol. The van der Waals surface area contributed by atoms with Crippen LogP contribution in [0.15, 0.2) is 18.2 Å². The van der Waals surface area contributed by atoms with Crippen LogP contribution in [-0.4, -0.2) is 30.8 Å². The van der Waals surface area contributed by atoms with E-state index in [0.717, 1.165) is 31.6 Å². The van der Waals surface area contributed by atoms with Gasteiger partial charge in [0, 0.05) is 30.5 Å². The first-order valence-corrected chi connectivity index (χ1v) is 9.26. The molecule has 2 fully saturated rings. The third-order valence-corrected chi connectivity index (χ3v) is 5.47. The summed E-state index contributed by atoms with van der Waals surface area (Å²) in [5.74, 6) is 0. The molecule has 1 saturated carbocycles. The maximum Gasteiger partial charge on any atom is 0.407 e. The highest BCUT2D eigenvalue weighted by Gasteiger charge is 2.46. The largest absolute Gasteiger partial charge is 0.444 e. The maximum absolute atomic E-state index is 11.9. The number of nitrogens with zero attached hydrogens (tertiary/aromatic N) is 1. The summed E-state index contributed by atoms with van der Waals surface area (Å²) in [5.41, 5.74) is 9.19. The van der Waals surface area contributed by atoms with Crippen LogP contribution in [0.2, 0.25) is 0 Å². The number of hydrogen-bond donors (Lipinski definition) is 2. The number of hydrogen-bond acceptors (Lipinski definition) is 4. The van der Waals surface area contributed by atoms with Crippen molar-refractivity contribution in [3.63, 3.8) is 0 Å². The quantitative estimate of drug-likeness (QED) is 0.799. The number of nitrogen functional groups attached to an aromatic ring is 1. The highest BCUT2D eigenvalue weighted by Crippen LogP contribution is 2.49. The van der Waals surface area contributed by atoms with E-state index in [2.05, 4.69) is 23.2 Å². The van der Waals surface area contributed by atoms with Gasteiger partial charge in [-0.05, 0) is 82.6 Å². The van der Waals surface area contributed by atoms with Gasteiger partial charge >= 0.3 is 6.09 Å². The zero-order chi connectivity index (χ0) is 18.2. The number of piperidine rings is 1. The second kappa shape index (κ2) is 6.43. The Kier molecular flexibility index (Phi) is 4.60. The van der Waals surface area contributed by atoms with Gasteiger partial charge in [0.05, 0.1) is 0 Å². The van der Waals surface area contributed by atoms with E-state index in [1.54, 1.807) is 0 Å². The predicted octanol–water partition coefficient (Wildman–Crippen LogP) is 3.85. The molecule has 1 aromatic carbocycles. The lowest BCUT2D eigenvalue weighted by atomic mass is 9.60. The summed E-state index contributed by atoms with van der Waals surface area (Å²) in [6.07, 6.45) is 4.22. The lowest BCUT2D eigenvalue weighted by Gasteiger charge is -2.52. The second-order valence-electron chi connectivity index (χ2n) is 8.78. The highest BCUT2D eigenvalue weighted by atomic mass is 16.6. The van der Waals surface area contributed by atoms with E-state index in [0.29, 0.717) is 5.41 Å². The number of anilines is 2. The first kappa shape index (κ1) is 17.9. The number of nitrogens with one attached hydrogen (secondary N) is 1. The van der Waals surface area contributed by atoms with Gasteiger partial charge in [0.1, 0.15) is 5.60 Å². The number of carbonyl (C=O) groups is 1. The molecule has 0 bridgehead atoms. The molecule has 1 aliphatic heterocycles. The fourth-order valence-electron chi connectivity index (χ4n) is 4.23. The fraction of sp³-hybridized carbons (Fsp3) is 0.650. The highest BCUT2D eigenvalue weighted by molar-refractivity contribution is 5.68. The number of nitrogens with two attached hydrogens (primary N) is 1. The Bertz CT molecular complexity index is 635. The van der Waals surface area contributed by atoms with E-state index in [4.69, 9.17) is 10.5 Å². The molecule has 2 aliphatic rings. The molecule has 0 radical (unpaired) electrons. The van der Waals surface area contributed by atoms with Crippen LogP contribution in [-0.2, 0) is 4.74 Å². The summed E-state index contributed by atoms with van der Waals surface area (Å²) < 4.78 is 5.35. The van der Waals surface area contributed by atoms with Crippen molar-refractivity contribution in [1.29, 1.82) is 0 Å². The van der Waals surface area contributed by atoms with Crippen LogP contribution in [0.4, 0.5) is 16.2 Å². The molecule has 138 valence electrons. The molecule has 1 spiro atoms. The van der Waals surface area contributed by atoms with Crippen molar-refractivity contribution in [3.05, 3.63) is 23.8 Å². The molecule has 1 heterocycles. The minimum Gasteiger partial charge on any atom is -0.444 e. The summed E-state index contributed by atoms with van der Waals surface area (Å²) in [6, 6.07) is 6.43. The molecule has 3 N–H and O–H groups in total. The summed E-state index contributed by atoms with van der Waals surface area (Å²) in [5, 5.41) is 3.01. The Morgan fingerprint density at radius 3 is 2.48 bits per heavy atom. The first-order valence-electron chi connectivity index (χ1n) is 9.26. The van der Waals surface area contributed by atoms with Gasteiger partial charge in [0.25, 0.3) is 0 Å². The minimum atomic E-state index is -0.437. The molecule has 0 unspecified atom stereocenters. The smallest absolute Gasteiger partial charge is 0.407 e. The van der Waals surface area contributed by atoms with E-state index >= 15 is 0 Å². The van der Waals surface area contributed by atoms with Crippen molar-refractivity contribution >= 4 is 17.5 Å². The van der Waals surface area contributed by atoms with Crippen LogP contribution in [0.5, 0.6) is 0 Å². The predicted molar refractivity (Wildman–Crippen MR) is 102 cm³/mol. The van der Waals surface area contributed by atoms with Crippen molar-refractivity contribution in [2.45, 2.75) is 65.0 Å². The van der Waals surface area contributed by atoms with Crippen molar-refractivity contribution in [3.8, 4) is 0 Å². The Morgan fingerprint density at radius 2 is 1.92 bits per heavy atom. The zero-order valence-corrected chi connectivity index (χ0v) is 15.9. The van der Waals surface area contributed by atoms with Crippen molar-refractivity contribution in [2.75, 3.05) is 23.7 Å². The number of aryl methyl sites for hydroxylation is 1. The number of rotatable bonds is 2. The van der Waals surface area contributed by atoms with Crippen molar-refractivity contribution in [1.82, 2.24) is 5.32 Å². The normalized spacial score (nSPS) is 20.2. The monoisotopic (exact) mass is 345 g/mol. The Morgan fingerprint density at radius 1 is 1.28 bits per heavy atom. The van der Waals surface area contributed by atoms with E-state index in [9.17, 15) is 4.79 Å². The Balaban J connectivity index is 1.48. The van der Waals surface area contributed by atoms with Crippen LogP contribution in [0.25, 0.3) is 0 Å². The molecule has 1 amide bonds. The standard InChI is InChI=1S/C20H31N3O2/c1-14-11-15(21)5-6-17(14)23-9-7-20(8-10-23)12-16(13-20)22-18(24)25-19(2,3)4/h5-6,11,16H,7-10,12-13,21H2,1-4H3,(H,22,24). The van der Waals surface area contributed by atoms with E-state index in [1.807, 2.05) is 32.9 Å². The fourth-order valence-corrected chi connectivity index (χ4v) is 4.23. The number of carbonyl (C=O) groups excluding carboxylic acids is 1. The van der Waals surface area contributed by atoms with Gasteiger partial charge in [-0.25, -0.2) is 4.79 Å². The van der Waals surface area contributed by atoms with Gasteiger partial charge in [-0.15, -0.1) is 0 Å². The van der Waals surface area contributed by atoms with Gasteiger partial charge in [0.15, 0.2) is 0 Å². The number of ether oxygens (including phenoxy) is 1. The van der Waals surface area contributed by atoms with Crippen LogP contribution >= 0.6 is 0 Å². The molecule has 0 aromatic heterocycles. The van der Waals surface area contributed by atoms with Gasteiger partial charge in [-0.2, -0.15) is 0 Å². The molecule has 1 saturated heterocycles. The third-order valence-electron chi connectivity index (χ3n) is 5.47. The molecule has 1 aliphatic carbocycles. The lowest BCUT2D eigenvalue weighted by Crippen LogP contribution is -2.55. The molecule has 1 aromatic rings. The molecule has 25 heavy (non-hydrogen) atoms. The number of amides is 1. The van der Waals surface area contributed by atoms with Gasteiger partial charge in [-0.3, -0.25) is 0 Å². The molecular weight excluding hydrogens is 314 g/mol. The van der Waals surface area contributed by atoms with E-state index in [-0.39, 0.29) is 12.1 Å². The van der Waals surface area contributed by atoms with Crippen LogP contribution in [0, 0.1) is 12.3 Å². The van der Waals surface area contributed by atoms with E-state index in [1.165, 1.54) is 24.1 Å². The average Bonchev–Trinajstić information content (AvgIpc) is 2.45. The van der Waals surface area contributed by atoms with Gasteiger partial charge in [-0.1, -0.05) is 0 Å².